The van der Waals surface area contributed by atoms with Gasteiger partial charge in [0.1, 0.15) is 22.2 Å². The largest absolute Gasteiger partial charge is 0.487 e. The average Bonchev–Trinajstić information content (AvgIpc) is 3.46. The van der Waals surface area contributed by atoms with Crippen molar-refractivity contribution in [2.45, 2.75) is 13.5 Å². The highest BCUT2D eigenvalue weighted by Gasteiger charge is 2.17. The molecule has 0 spiro atoms. The average molecular weight is 451 g/mol. The fourth-order valence-corrected chi connectivity index (χ4v) is 4.23. The Labute approximate surface area is 186 Å². The summed E-state index contributed by atoms with van der Waals surface area (Å²) < 4.78 is 5.63. The molecule has 0 aliphatic heterocycles. The van der Waals surface area contributed by atoms with Crippen molar-refractivity contribution < 1.29 is 14.3 Å². The number of hydrogen-bond acceptors (Lipinski definition) is 7. The summed E-state index contributed by atoms with van der Waals surface area (Å²) in [6.45, 7) is 2.13. The van der Waals surface area contributed by atoms with E-state index >= 15 is 0 Å². The summed E-state index contributed by atoms with van der Waals surface area (Å²) in [4.78, 5) is 33.9. The number of benzene rings is 2. The molecule has 0 aliphatic rings. The van der Waals surface area contributed by atoms with Crippen LogP contribution in [0.2, 0.25) is 0 Å². The number of ether oxygens (including phenoxy) is 1. The van der Waals surface area contributed by atoms with Crippen molar-refractivity contribution in [2.75, 3.05) is 0 Å². The Kier molecular flexibility index (Phi) is 6.34. The van der Waals surface area contributed by atoms with Crippen molar-refractivity contribution in [2.24, 2.45) is 0 Å². The first-order valence-corrected chi connectivity index (χ1v) is 11.1. The van der Waals surface area contributed by atoms with Gasteiger partial charge < -0.3 is 4.74 Å². The second-order valence-corrected chi connectivity index (χ2v) is 8.22. The van der Waals surface area contributed by atoms with Gasteiger partial charge in [0.15, 0.2) is 0 Å². The van der Waals surface area contributed by atoms with Crippen LogP contribution in [-0.2, 0) is 6.61 Å². The fraction of sp³-hybridized carbons (Fsp3) is 0.0909. The molecule has 2 aromatic carbocycles. The van der Waals surface area contributed by atoms with Crippen molar-refractivity contribution in [1.82, 2.24) is 20.8 Å². The van der Waals surface area contributed by atoms with Crippen LogP contribution in [0.1, 0.15) is 31.4 Å². The maximum Gasteiger partial charge on any atom is 0.281 e. The summed E-state index contributed by atoms with van der Waals surface area (Å²) in [5.41, 5.74) is 9.43. The monoisotopic (exact) mass is 450 g/mol. The topological polar surface area (TPSA) is 93.2 Å². The smallest absolute Gasteiger partial charge is 0.281 e. The van der Waals surface area contributed by atoms with Crippen molar-refractivity contribution in [3.63, 3.8) is 0 Å². The van der Waals surface area contributed by atoms with Crippen molar-refractivity contribution >= 4 is 34.5 Å². The van der Waals surface area contributed by atoms with Crippen molar-refractivity contribution in [1.29, 1.82) is 0 Å². The molecule has 31 heavy (non-hydrogen) atoms. The minimum Gasteiger partial charge on any atom is -0.487 e. The fourth-order valence-electron chi connectivity index (χ4n) is 2.72. The number of carbonyl (C=O) groups is 2. The van der Waals surface area contributed by atoms with Gasteiger partial charge in [0.2, 0.25) is 0 Å². The summed E-state index contributed by atoms with van der Waals surface area (Å²) in [6, 6.07) is 16.3. The van der Waals surface area contributed by atoms with E-state index in [4.69, 9.17) is 4.74 Å². The van der Waals surface area contributed by atoms with Crippen LogP contribution in [0, 0.1) is 6.92 Å². The summed E-state index contributed by atoms with van der Waals surface area (Å²) in [5.74, 6) is -0.207. The lowest BCUT2D eigenvalue weighted by molar-refractivity contribution is 0.0848. The SMILES string of the molecule is Cc1nc(-c2ccccc2)sc1C(=O)NNC(=O)c1ccc(OCc2cscn2)cc1. The van der Waals surface area contributed by atoms with E-state index < -0.39 is 11.8 Å². The molecule has 7 nitrogen and oxygen atoms in total. The first kappa shape index (κ1) is 20.7. The Morgan fingerprint density at radius 2 is 1.74 bits per heavy atom. The number of nitrogens with one attached hydrogen (secondary N) is 2. The van der Waals surface area contributed by atoms with Gasteiger partial charge in [-0.3, -0.25) is 20.4 Å². The number of thiazole rings is 2. The highest BCUT2D eigenvalue weighted by atomic mass is 32.1. The minimum absolute atomic E-state index is 0.365. The predicted molar refractivity (Wildman–Crippen MR) is 120 cm³/mol. The Morgan fingerprint density at radius 3 is 2.45 bits per heavy atom. The molecular formula is C22H18N4O3S2. The van der Waals surface area contributed by atoms with Crippen LogP contribution in [0.5, 0.6) is 5.75 Å². The van der Waals surface area contributed by atoms with Gasteiger partial charge in [-0.1, -0.05) is 30.3 Å². The predicted octanol–water partition coefficient (Wildman–Crippen LogP) is 4.23. The molecule has 9 heteroatoms. The molecular weight excluding hydrogens is 432 g/mol. The van der Waals surface area contributed by atoms with E-state index in [0.717, 1.165) is 16.3 Å². The van der Waals surface area contributed by atoms with Gasteiger partial charge in [-0.25, -0.2) is 9.97 Å². The molecule has 4 rings (SSSR count). The first-order chi connectivity index (χ1) is 15.1. The molecule has 156 valence electrons. The highest BCUT2D eigenvalue weighted by molar-refractivity contribution is 7.17. The maximum atomic E-state index is 12.5. The number of carbonyl (C=O) groups excluding carboxylic acids is 2. The third-order valence-electron chi connectivity index (χ3n) is 4.30. The summed E-state index contributed by atoms with van der Waals surface area (Å²) in [7, 11) is 0. The number of hydrazine groups is 1. The molecule has 0 atom stereocenters. The van der Waals surface area contributed by atoms with E-state index in [1.165, 1.54) is 22.7 Å². The molecule has 0 radical (unpaired) electrons. The zero-order valence-electron chi connectivity index (χ0n) is 16.5. The molecule has 2 N–H and O–H groups in total. The number of aromatic nitrogens is 2. The maximum absolute atomic E-state index is 12.5. The van der Waals surface area contributed by atoms with E-state index in [0.29, 0.717) is 28.5 Å². The van der Waals surface area contributed by atoms with Crippen LogP contribution in [0.15, 0.2) is 65.5 Å². The Balaban J connectivity index is 1.33. The van der Waals surface area contributed by atoms with Crippen molar-refractivity contribution in [3.8, 4) is 16.3 Å². The third kappa shape index (κ3) is 5.14. The molecule has 0 saturated carbocycles. The van der Waals surface area contributed by atoms with Gasteiger partial charge in [0, 0.05) is 16.5 Å². The zero-order valence-corrected chi connectivity index (χ0v) is 18.1. The molecule has 0 saturated heterocycles. The quantitative estimate of drug-likeness (QED) is 0.429. The van der Waals surface area contributed by atoms with Crippen LogP contribution >= 0.6 is 22.7 Å². The molecule has 2 heterocycles. The molecule has 0 bridgehead atoms. The van der Waals surface area contributed by atoms with Gasteiger partial charge in [0.25, 0.3) is 11.8 Å². The second-order valence-electron chi connectivity index (χ2n) is 6.50. The van der Waals surface area contributed by atoms with Gasteiger partial charge in [0.05, 0.1) is 16.9 Å². The molecule has 2 aromatic heterocycles. The van der Waals surface area contributed by atoms with E-state index in [2.05, 4.69) is 20.8 Å². The Hall–Kier alpha value is -3.56. The van der Waals surface area contributed by atoms with Crippen molar-refractivity contribution in [3.05, 3.63) is 87.3 Å². The lowest BCUT2D eigenvalue weighted by Crippen LogP contribution is -2.41. The van der Waals surface area contributed by atoms with Gasteiger partial charge >= 0.3 is 0 Å². The summed E-state index contributed by atoms with van der Waals surface area (Å²) >= 11 is 2.79. The van der Waals surface area contributed by atoms with Gasteiger partial charge in [-0.15, -0.1) is 22.7 Å². The van der Waals surface area contributed by atoms with E-state index in [9.17, 15) is 9.59 Å². The number of hydrogen-bond donors (Lipinski definition) is 2. The summed E-state index contributed by atoms with van der Waals surface area (Å²) in [5, 5.41) is 2.67. The highest BCUT2D eigenvalue weighted by Crippen LogP contribution is 2.27. The minimum atomic E-state index is -0.426. The molecule has 4 aromatic rings. The molecule has 0 unspecified atom stereocenters. The second kappa shape index (κ2) is 9.50. The van der Waals surface area contributed by atoms with Gasteiger partial charge in [-0.2, -0.15) is 0 Å². The Morgan fingerprint density at radius 1 is 1.00 bits per heavy atom. The van der Waals surface area contributed by atoms with Crippen LogP contribution in [0.4, 0.5) is 0 Å². The van der Waals surface area contributed by atoms with Crippen LogP contribution in [0.3, 0.4) is 0 Å². The van der Waals surface area contributed by atoms with E-state index in [1.54, 1.807) is 36.7 Å². The number of amides is 2. The third-order valence-corrected chi connectivity index (χ3v) is 6.14. The van der Waals surface area contributed by atoms with E-state index in [-0.39, 0.29) is 0 Å². The molecule has 0 fully saturated rings. The normalized spacial score (nSPS) is 10.5. The molecule has 2 amide bonds. The number of rotatable bonds is 6. The standard InChI is InChI=1S/C22H18N4O3S2/c1-14-19(31-22(24-14)16-5-3-2-4-6-16)21(28)26-25-20(27)15-7-9-18(10-8-15)29-11-17-12-30-13-23-17/h2-10,12-13H,11H2,1H3,(H,25,27)(H,26,28). The first-order valence-electron chi connectivity index (χ1n) is 9.33. The lowest BCUT2D eigenvalue weighted by atomic mass is 10.2. The molecule has 0 aliphatic carbocycles. The number of aryl methyl sites for hydroxylation is 1. The summed E-state index contributed by atoms with van der Waals surface area (Å²) in [6.07, 6.45) is 0. The zero-order chi connectivity index (χ0) is 21.6. The van der Waals surface area contributed by atoms with Crippen LogP contribution in [0.25, 0.3) is 10.6 Å². The lowest BCUT2D eigenvalue weighted by Gasteiger charge is -2.08. The van der Waals surface area contributed by atoms with Crippen LogP contribution in [-0.4, -0.2) is 21.8 Å². The Bertz CT molecular complexity index is 1170. The van der Waals surface area contributed by atoms with Crippen LogP contribution < -0.4 is 15.6 Å². The number of nitrogens with zero attached hydrogens (tertiary/aromatic N) is 2. The van der Waals surface area contributed by atoms with Gasteiger partial charge in [-0.05, 0) is 31.2 Å². The van der Waals surface area contributed by atoms with E-state index in [1.807, 2.05) is 35.7 Å².